The van der Waals surface area contributed by atoms with Crippen LogP contribution in [-0.4, -0.2) is 21.4 Å². The molecular formula is C9H7Cl3N2O4. The smallest absolute Gasteiger partial charge is 0.411 e. The molecule has 0 aliphatic rings. The fourth-order valence-corrected chi connectivity index (χ4v) is 1.16. The van der Waals surface area contributed by atoms with E-state index < -0.39 is 21.4 Å². The van der Waals surface area contributed by atoms with E-state index in [9.17, 15) is 14.9 Å². The van der Waals surface area contributed by atoms with Crippen LogP contribution in [0.1, 0.15) is 0 Å². The van der Waals surface area contributed by atoms with Gasteiger partial charge in [-0.1, -0.05) is 40.9 Å². The first kappa shape index (κ1) is 14.8. The molecule has 0 radical (unpaired) electrons. The number of amides is 1. The summed E-state index contributed by atoms with van der Waals surface area (Å²) in [5.41, 5.74) is 0.0488. The lowest BCUT2D eigenvalue weighted by molar-refractivity contribution is -0.384. The van der Waals surface area contributed by atoms with Crippen LogP contribution in [0, 0.1) is 10.1 Å². The second kappa shape index (κ2) is 6.08. The van der Waals surface area contributed by atoms with E-state index >= 15 is 0 Å². The average Bonchev–Trinajstić information content (AvgIpc) is 2.26. The molecule has 0 unspecified atom stereocenters. The second-order valence-corrected chi connectivity index (χ2v) is 5.64. The molecule has 1 amide bonds. The number of nitrogens with one attached hydrogen (secondary N) is 1. The standard InChI is InChI=1S/C9H7Cl3N2O4/c10-9(11,12)5-18-8(15)13-6-2-1-3-7(4-6)14(16)17/h1-4H,5H2,(H,13,15). The number of carbonyl (C=O) groups excluding carboxylic acids is 1. The van der Waals surface area contributed by atoms with Crippen LogP contribution < -0.4 is 5.32 Å². The lowest BCUT2D eigenvalue weighted by Gasteiger charge is -2.11. The lowest BCUT2D eigenvalue weighted by Crippen LogP contribution is -2.21. The Morgan fingerprint density at radius 2 is 2.11 bits per heavy atom. The maximum atomic E-state index is 11.3. The molecule has 1 N–H and O–H groups in total. The normalized spacial score (nSPS) is 10.8. The van der Waals surface area contributed by atoms with Crippen LogP contribution in [0.4, 0.5) is 16.2 Å². The topological polar surface area (TPSA) is 81.5 Å². The van der Waals surface area contributed by atoms with Gasteiger partial charge in [0.05, 0.1) is 10.6 Å². The number of nitro groups is 1. The SMILES string of the molecule is O=C(Nc1cccc([N+](=O)[O-])c1)OCC(Cl)(Cl)Cl. The van der Waals surface area contributed by atoms with Crippen molar-refractivity contribution in [2.45, 2.75) is 3.79 Å². The first-order valence-electron chi connectivity index (χ1n) is 4.53. The average molecular weight is 314 g/mol. The van der Waals surface area contributed by atoms with Gasteiger partial charge in [0.15, 0.2) is 0 Å². The number of halogens is 3. The van der Waals surface area contributed by atoms with Crippen molar-refractivity contribution in [2.24, 2.45) is 0 Å². The monoisotopic (exact) mass is 312 g/mol. The van der Waals surface area contributed by atoms with Gasteiger partial charge < -0.3 is 4.74 Å². The van der Waals surface area contributed by atoms with E-state index in [1.807, 2.05) is 0 Å². The van der Waals surface area contributed by atoms with Gasteiger partial charge in [-0.05, 0) is 6.07 Å². The number of non-ortho nitro benzene ring substituents is 1. The molecule has 1 aromatic carbocycles. The molecule has 0 aromatic heterocycles. The summed E-state index contributed by atoms with van der Waals surface area (Å²) in [6.07, 6.45) is -0.873. The van der Waals surface area contributed by atoms with Crippen molar-refractivity contribution >= 4 is 52.3 Å². The van der Waals surface area contributed by atoms with Gasteiger partial charge >= 0.3 is 6.09 Å². The molecule has 18 heavy (non-hydrogen) atoms. The Balaban J connectivity index is 2.59. The van der Waals surface area contributed by atoms with Gasteiger partial charge in [-0.25, -0.2) is 4.79 Å². The zero-order chi connectivity index (χ0) is 13.8. The first-order valence-corrected chi connectivity index (χ1v) is 5.66. The van der Waals surface area contributed by atoms with Gasteiger partial charge in [-0.2, -0.15) is 0 Å². The third-order valence-corrected chi connectivity index (χ3v) is 2.00. The van der Waals surface area contributed by atoms with Gasteiger partial charge in [-0.15, -0.1) is 0 Å². The summed E-state index contributed by atoms with van der Waals surface area (Å²) in [4.78, 5) is 21.2. The van der Waals surface area contributed by atoms with Crippen molar-refractivity contribution < 1.29 is 14.5 Å². The van der Waals surface area contributed by atoms with Crippen LogP contribution in [0.5, 0.6) is 0 Å². The Bertz CT molecular complexity index is 461. The third kappa shape index (κ3) is 5.39. The fourth-order valence-electron chi connectivity index (χ4n) is 0.999. The van der Waals surface area contributed by atoms with E-state index in [4.69, 9.17) is 34.8 Å². The number of hydrogen-bond donors (Lipinski definition) is 1. The van der Waals surface area contributed by atoms with E-state index in [0.717, 1.165) is 0 Å². The Morgan fingerprint density at radius 1 is 1.44 bits per heavy atom. The maximum absolute atomic E-state index is 11.3. The highest BCUT2D eigenvalue weighted by Crippen LogP contribution is 2.26. The number of alkyl halides is 3. The zero-order valence-electron chi connectivity index (χ0n) is 8.73. The fraction of sp³-hybridized carbons (Fsp3) is 0.222. The number of carbonyl (C=O) groups is 1. The van der Waals surface area contributed by atoms with Gasteiger partial charge in [-0.3, -0.25) is 15.4 Å². The number of nitro benzene ring substituents is 1. The Labute approximate surface area is 117 Å². The molecule has 0 atom stereocenters. The summed E-state index contributed by atoms with van der Waals surface area (Å²) in [5.74, 6) is 0. The Morgan fingerprint density at radius 3 is 2.67 bits per heavy atom. The third-order valence-electron chi connectivity index (χ3n) is 1.67. The van der Waals surface area contributed by atoms with Gasteiger partial charge in [0.2, 0.25) is 3.79 Å². The summed E-state index contributed by atoms with van der Waals surface area (Å²) in [6.45, 7) is -0.432. The van der Waals surface area contributed by atoms with Crippen LogP contribution in [-0.2, 0) is 4.74 Å². The predicted octanol–water partition coefficient (Wildman–Crippen LogP) is 3.51. The highest BCUT2D eigenvalue weighted by Gasteiger charge is 2.22. The summed E-state index contributed by atoms with van der Waals surface area (Å²) >= 11 is 16.2. The molecule has 1 aromatic rings. The van der Waals surface area contributed by atoms with Crippen LogP contribution in [0.25, 0.3) is 0 Å². The van der Waals surface area contributed by atoms with Crippen LogP contribution in [0.2, 0.25) is 0 Å². The van der Waals surface area contributed by atoms with Crippen molar-refractivity contribution in [1.82, 2.24) is 0 Å². The Kier molecular flexibility index (Phi) is 5.01. The predicted molar refractivity (Wildman–Crippen MR) is 68.4 cm³/mol. The lowest BCUT2D eigenvalue weighted by atomic mass is 10.3. The van der Waals surface area contributed by atoms with Gasteiger partial charge in [0.1, 0.15) is 6.61 Å². The minimum Gasteiger partial charge on any atom is -0.445 e. The quantitative estimate of drug-likeness (QED) is 0.526. The molecule has 6 nitrogen and oxygen atoms in total. The number of hydrogen-bond acceptors (Lipinski definition) is 4. The van der Waals surface area contributed by atoms with Crippen LogP contribution in [0.15, 0.2) is 24.3 Å². The molecule has 98 valence electrons. The number of nitrogens with zero attached hydrogens (tertiary/aromatic N) is 1. The molecule has 0 spiro atoms. The minimum atomic E-state index is -1.71. The molecule has 0 bridgehead atoms. The molecule has 0 heterocycles. The number of anilines is 1. The van der Waals surface area contributed by atoms with Crippen LogP contribution >= 0.6 is 34.8 Å². The van der Waals surface area contributed by atoms with Crippen molar-refractivity contribution in [1.29, 1.82) is 0 Å². The number of ether oxygens (including phenoxy) is 1. The van der Waals surface area contributed by atoms with Crippen molar-refractivity contribution in [3.05, 3.63) is 34.4 Å². The maximum Gasteiger partial charge on any atom is 0.411 e. The van der Waals surface area contributed by atoms with E-state index in [1.165, 1.54) is 24.3 Å². The van der Waals surface area contributed by atoms with Crippen LogP contribution in [0.3, 0.4) is 0 Å². The molecule has 0 aliphatic heterocycles. The summed E-state index contributed by atoms with van der Waals surface area (Å²) in [7, 11) is 0. The molecule has 0 saturated carbocycles. The summed E-state index contributed by atoms with van der Waals surface area (Å²) in [5, 5.41) is 12.8. The highest BCUT2D eigenvalue weighted by molar-refractivity contribution is 6.67. The summed E-state index contributed by atoms with van der Waals surface area (Å²) in [6, 6.07) is 5.35. The molecular weight excluding hydrogens is 306 g/mol. The van der Waals surface area contributed by atoms with Gasteiger partial charge in [0.25, 0.3) is 5.69 Å². The van der Waals surface area contributed by atoms with Crippen molar-refractivity contribution in [2.75, 3.05) is 11.9 Å². The largest absolute Gasteiger partial charge is 0.445 e. The molecule has 0 aliphatic carbocycles. The van der Waals surface area contributed by atoms with Gasteiger partial charge in [0, 0.05) is 12.1 Å². The van der Waals surface area contributed by atoms with E-state index in [1.54, 1.807) is 0 Å². The molecule has 1 rings (SSSR count). The second-order valence-electron chi connectivity index (χ2n) is 3.12. The first-order chi connectivity index (χ1) is 8.28. The Hall–Kier alpha value is -1.24. The van der Waals surface area contributed by atoms with Crippen molar-refractivity contribution in [3.63, 3.8) is 0 Å². The molecule has 0 fully saturated rings. The zero-order valence-corrected chi connectivity index (χ0v) is 11.0. The van der Waals surface area contributed by atoms with E-state index in [-0.39, 0.29) is 11.4 Å². The van der Waals surface area contributed by atoms with Crippen molar-refractivity contribution in [3.8, 4) is 0 Å². The van der Waals surface area contributed by atoms with E-state index in [0.29, 0.717) is 0 Å². The highest BCUT2D eigenvalue weighted by atomic mass is 35.6. The molecule has 0 saturated heterocycles. The molecule has 9 heteroatoms. The minimum absolute atomic E-state index is 0.158. The van der Waals surface area contributed by atoms with E-state index in [2.05, 4.69) is 10.1 Å². The summed E-state index contributed by atoms with van der Waals surface area (Å²) < 4.78 is 2.89. The number of rotatable bonds is 3. The number of benzene rings is 1.